The summed E-state index contributed by atoms with van der Waals surface area (Å²) in [5.74, 6) is 1.08. The van der Waals surface area contributed by atoms with Gasteiger partial charge >= 0.3 is 0 Å². The lowest BCUT2D eigenvalue weighted by Gasteiger charge is -2.03. The number of hydrogen-bond acceptors (Lipinski definition) is 5. The lowest BCUT2D eigenvalue weighted by molar-refractivity contribution is 0.583. The number of nitrogens with one attached hydrogen (secondary N) is 1. The van der Waals surface area contributed by atoms with Crippen LogP contribution in [0, 0.1) is 6.92 Å². The van der Waals surface area contributed by atoms with E-state index < -0.39 is 10.0 Å². The van der Waals surface area contributed by atoms with Crippen molar-refractivity contribution in [3.05, 3.63) is 28.9 Å². The molecular weight excluding hydrogens is 314 g/mol. The summed E-state index contributed by atoms with van der Waals surface area (Å²) in [6.07, 6.45) is 2.63. The fourth-order valence-electron chi connectivity index (χ4n) is 2.02. The minimum absolute atomic E-state index is 0.373. The molecular formula is C12H15N3O2S3. The molecule has 1 aliphatic heterocycles. The summed E-state index contributed by atoms with van der Waals surface area (Å²) in [5.41, 5.74) is 0.942. The van der Waals surface area contributed by atoms with Crippen LogP contribution in [0.2, 0.25) is 0 Å². The van der Waals surface area contributed by atoms with Crippen molar-refractivity contribution in [2.75, 3.05) is 12.3 Å². The first-order chi connectivity index (χ1) is 9.54. The van der Waals surface area contributed by atoms with Gasteiger partial charge in [0.1, 0.15) is 4.21 Å². The Bertz CT molecular complexity index is 697. The topological polar surface area (TPSA) is 64.0 Å². The second-order valence-electron chi connectivity index (χ2n) is 4.57. The Morgan fingerprint density at radius 1 is 1.45 bits per heavy atom. The van der Waals surface area contributed by atoms with E-state index in [4.69, 9.17) is 0 Å². The first kappa shape index (κ1) is 14.1. The summed E-state index contributed by atoms with van der Waals surface area (Å²) in [6.45, 7) is 3.27. The van der Waals surface area contributed by atoms with Gasteiger partial charge in [0, 0.05) is 36.3 Å². The third kappa shape index (κ3) is 2.93. The van der Waals surface area contributed by atoms with Gasteiger partial charge in [0.05, 0.1) is 5.69 Å². The molecule has 1 aliphatic rings. The van der Waals surface area contributed by atoms with Crippen molar-refractivity contribution in [2.45, 2.75) is 29.3 Å². The predicted molar refractivity (Wildman–Crippen MR) is 80.9 cm³/mol. The maximum Gasteiger partial charge on any atom is 0.250 e. The molecule has 0 amide bonds. The minimum atomic E-state index is -3.38. The Morgan fingerprint density at radius 3 is 3.00 bits per heavy atom. The first-order valence-corrected chi connectivity index (χ1v) is 9.58. The number of sulfonamides is 1. The second-order valence-corrected chi connectivity index (χ2v) is 8.91. The third-order valence-corrected chi connectivity index (χ3v) is 6.93. The molecule has 0 fully saturated rings. The van der Waals surface area contributed by atoms with Gasteiger partial charge in [0.25, 0.3) is 0 Å². The quantitative estimate of drug-likeness (QED) is 0.910. The maximum absolute atomic E-state index is 12.0. The van der Waals surface area contributed by atoms with Crippen molar-refractivity contribution in [2.24, 2.45) is 0 Å². The Balaban J connectivity index is 1.59. The van der Waals surface area contributed by atoms with E-state index in [1.807, 2.05) is 19.2 Å². The summed E-state index contributed by atoms with van der Waals surface area (Å²) < 4.78 is 29.2. The number of imidazole rings is 1. The lowest BCUT2D eigenvalue weighted by Crippen LogP contribution is -2.25. The maximum atomic E-state index is 12.0. The molecule has 20 heavy (non-hydrogen) atoms. The van der Waals surface area contributed by atoms with Gasteiger partial charge in [0.2, 0.25) is 10.0 Å². The standard InChI is InChI=1S/C12H15N3O2S3/c1-9-2-3-11(19-9)20(16,17)13-5-4-10-8-15-6-7-18-12(15)14-10/h2-3,8,13H,4-7H2,1H3. The molecule has 5 nitrogen and oxygen atoms in total. The molecule has 8 heteroatoms. The van der Waals surface area contributed by atoms with Crippen molar-refractivity contribution >= 4 is 33.1 Å². The van der Waals surface area contributed by atoms with E-state index in [0.717, 1.165) is 28.0 Å². The Kier molecular flexibility index (Phi) is 3.89. The van der Waals surface area contributed by atoms with Gasteiger partial charge in [0.15, 0.2) is 5.16 Å². The van der Waals surface area contributed by atoms with Crippen LogP contribution in [0.4, 0.5) is 0 Å². The molecule has 0 atom stereocenters. The van der Waals surface area contributed by atoms with E-state index in [9.17, 15) is 8.42 Å². The van der Waals surface area contributed by atoms with Crippen molar-refractivity contribution < 1.29 is 8.42 Å². The number of hydrogen-bond donors (Lipinski definition) is 1. The molecule has 0 aromatic carbocycles. The molecule has 3 rings (SSSR count). The SMILES string of the molecule is Cc1ccc(S(=O)(=O)NCCc2cn3c(n2)SCC3)s1. The van der Waals surface area contributed by atoms with E-state index in [1.54, 1.807) is 17.8 Å². The van der Waals surface area contributed by atoms with E-state index in [2.05, 4.69) is 14.3 Å². The van der Waals surface area contributed by atoms with Crippen LogP contribution in [0.1, 0.15) is 10.6 Å². The van der Waals surface area contributed by atoms with Crippen molar-refractivity contribution in [1.29, 1.82) is 0 Å². The van der Waals surface area contributed by atoms with E-state index in [0.29, 0.717) is 17.2 Å². The summed E-state index contributed by atoms with van der Waals surface area (Å²) in [6, 6.07) is 3.46. The number of aryl methyl sites for hydroxylation is 2. The van der Waals surface area contributed by atoms with Gasteiger partial charge in [-0.3, -0.25) is 0 Å². The van der Waals surface area contributed by atoms with Crippen LogP contribution in [-0.4, -0.2) is 30.3 Å². The number of thioether (sulfide) groups is 1. The predicted octanol–water partition coefficient (Wildman–Crippen LogP) is 1.88. The fraction of sp³-hybridized carbons (Fsp3) is 0.417. The highest BCUT2D eigenvalue weighted by atomic mass is 32.2. The Hall–Kier alpha value is -0.830. The minimum Gasteiger partial charge on any atom is -0.325 e. The number of aromatic nitrogens is 2. The molecule has 0 bridgehead atoms. The second kappa shape index (κ2) is 5.51. The smallest absolute Gasteiger partial charge is 0.250 e. The highest BCUT2D eigenvalue weighted by Crippen LogP contribution is 2.24. The molecule has 0 saturated carbocycles. The van der Waals surface area contributed by atoms with Gasteiger partial charge in [-0.05, 0) is 19.1 Å². The normalized spacial score (nSPS) is 14.7. The van der Waals surface area contributed by atoms with Crippen LogP contribution in [-0.2, 0) is 23.0 Å². The van der Waals surface area contributed by atoms with E-state index in [1.165, 1.54) is 11.3 Å². The molecule has 3 heterocycles. The van der Waals surface area contributed by atoms with Gasteiger partial charge in [-0.1, -0.05) is 11.8 Å². The van der Waals surface area contributed by atoms with Crippen molar-refractivity contribution in [1.82, 2.24) is 14.3 Å². The molecule has 1 N–H and O–H groups in total. The van der Waals surface area contributed by atoms with Gasteiger partial charge in [-0.2, -0.15) is 0 Å². The van der Waals surface area contributed by atoms with Crippen molar-refractivity contribution in [3.8, 4) is 0 Å². The summed E-state index contributed by atoms with van der Waals surface area (Å²) >= 11 is 3.03. The van der Waals surface area contributed by atoms with Crippen LogP contribution >= 0.6 is 23.1 Å². The van der Waals surface area contributed by atoms with Gasteiger partial charge in [-0.25, -0.2) is 18.1 Å². The zero-order valence-corrected chi connectivity index (χ0v) is 13.4. The number of nitrogens with zero attached hydrogens (tertiary/aromatic N) is 2. The number of rotatable bonds is 5. The molecule has 0 unspecified atom stereocenters. The zero-order chi connectivity index (χ0) is 14.2. The van der Waals surface area contributed by atoms with Gasteiger partial charge < -0.3 is 4.57 Å². The Morgan fingerprint density at radius 2 is 2.30 bits per heavy atom. The van der Waals surface area contributed by atoms with Crippen molar-refractivity contribution in [3.63, 3.8) is 0 Å². The molecule has 0 radical (unpaired) electrons. The molecule has 2 aromatic heterocycles. The van der Waals surface area contributed by atoms with Crippen LogP contribution in [0.15, 0.2) is 27.7 Å². The molecule has 0 spiro atoms. The molecule has 0 saturated heterocycles. The summed E-state index contributed by atoms with van der Waals surface area (Å²) in [4.78, 5) is 5.47. The van der Waals surface area contributed by atoms with E-state index in [-0.39, 0.29) is 0 Å². The first-order valence-electron chi connectivity index (χ1n) is 6.29. The summed E-state index contributed by atoms with van der Waals surface area (Å²) in [7, 11) is -3.38. The zero-order valence-electron chi connectivity index (χ0n) is 11.0. The van der Waals surface area contributed by atoms with Crippen LogP contribution in [0.25, 0.3) is 0 Å². The average Bonchev–Trinajstić information content (AvgIpc) is 3.03. The number of fused-ring (bicyclic) bond motifs is 1. The lowest BCUT2D eigenvalue weighted by atomic mass is 10.3. The molecule has 0 aliphatic carbocycles. The highest BCUT2D eigenvalue weighted by molar-refractivity contribution is 7.99. The Labute approximate surface area is 126 Å². The van der Waals surface area contributed by atoms with Gasteiger partial charge in [-0.15, -0.1) is 11.3 Å². The third-order valence-electron chi connectivity index (χ3n) is 3.01. The van der Waals surface area contributed by atoms with Crippen LogP contribution in [0.3, 0.4) is 0 Å². The van der Waals surface area contributed by atoms with Crippen LogP contribution < -0.4 is 4.72 Å². The fourth-order valence-corrected chi connectivity index (χ4v) is 5.35. The molecule has 108 valence electrons. The average molecular weight is 329 g/mol. The summed E-state index contributed by atoms with van der Waals surface area (Å²) in [5, 5.41) is 1.04. The highest BCUT2D eigenvalue weighted by Gasteiger charge is 2.17. The number of thiophene rings is 1. The largest absolute Gasteiger partial charge is 0.325 e. The van der Waals surface area contributed by atoms with E-state index >= 15 is 0 Å². The monoisotopic (exact) mass is 329 g/mol. The van der Waals surface area contributed by atoms with Crippen LogP contribution in [0.5, 0.6) is 0 Å². The molecule has 2 aromatic rings.